The van der Waals surface area contributed by atoms with Gasteiger partial charge in [0.05, 0.1) is 5.52 Å². The van der Waals surface area contributed by atoms with E-state index in [1.165, 1.54) is 53.3 Å². The maximum atomic E-state index is 4.92. The van der Waals surface area contributed by atoms with Crippen molar-refractivity contribution in [2.75, 3.05) is 12.4 Å². The summed E-state index contributed by atoms with van der Waals surface area (Å²) >= 11 is 0. The molecule has 0 bridgehead atoms. The fraction of sp³-hybridized carbons (Fsp3) is 0.471. The fourth-order valence-electron chi connectivity index (χ4n) is 3.13. The van der Waals surface area contributed by atoms with Crippen LogP contribution in [-0.4, -0.2) is 12.0 Å². The second-order valence-corrected chi connectivity index (χ2v) is 5.81. The van der Waals surface area contributed by atoms with Crippen molar-refractivity contribution < 1.29 is 0 Å². The van der Waals surface area contributed by atoms with Crippen LogP contribution in [0.4, 0.5) is 5.82 Å². The van der Waals surface area contributed by atoms with Gasteiger partial charge >= 0.3 is 0 Å². The van der Waals surface area contributed by atoms with Crippen LogP contribution in [0.1, 0.15) is 49.3 Å². The quantitative estimate of drug-likeness (QED) is 0.865. The maximum Gasteiger partial charge on any atom is 0.129 e. The van der Waals surface area contributed by atoms with Gasteiger partial charge in [0.25, 0.3) is 0 Å². The van der Waals surface area contributed by atoms with Gasteiger partial charge < -0.3 is 5.32 Å². The number of pyridine rings is 1. The number of benzene rings is 1. The van der Waals surface area contributed by atoms with E-state index in [2.05, 4.69) is 37.4 Å². The second kappa shape index (κ2) is 4.84. The van der Waals surface area contributed by atoms with Crippen LogP contribution < -0.4 is 5.32 Å². The molecule has 1 aromatic heterocycles. The van der Waals surface area contributed by atoms with Gasteiger partial charge in [0.15, 0.2) is 0 Å². The highest BCUT2D eigenvalue weighted by Gasteiger charge is 2.16. The maximum absolute atomic E-state index is 4.92. The lowest BCUT2D eigenvalue weighted by molar-refractivity contribution is 0.689. The molecule has 0 saturated carbocycles. The molecule has 0 amide bonds. The van der Waals surface area contributed by atoms with Crippen LogP contribution in [0.25, 0.3) is 10.9 Å². The molecule has 1 aromatic carbocycles. The van der Waals surface area contributed by atoms with Crippen LogP contribution >= 0.6 is 0 Å². The number of hydrogen-bond donors (Lipinski definition) is 1. The normalized spacial score (nSPS) is 14.7. The predicted octanol–water partition coefficient (Wildman–Crippen LogP) is 4.28. The van der Waals surface area contributed by atoms with E-state index >= 15 is 0 Å². The molecular weight excluding hydrogens is 232 g/mol. The van der Waals surface area contributed by atoms with Gasteiger partial charge in [-0.1, -0.05) is 26.0 Å². The minimum Gasteiger partial charge on any atom is -0.373 e. The van der Waals surface area contributed by atoms with Gasteiger partial charge in [-0.2, -0.15) is 0 Å². The minimum atomic E-state index is 0.496. The summed E-state index contributed by atoms with van der Waals surface area (Å²) in [5, 5.41) is 4.56. The molecule has 0 aliphatic heterocycles. The van der Waals surface area contributed by atoms with E-state index in [1.54, 1.807) is 0 Å². The Morgan fingerprint density at radius 2 is 1.95 bits per heavy atom. The molecule has 1 aliphatic rings. The van der Waals surface area contributed by atoms with Gasteiger partial charge in [-0.3, -0.25) is 0 Å². The molecule has 2 heteroatoms. The standard InChI is InChI=1S/C17H22N2/c1-11(2)15-10-13-9-8-12-6-4-5-7-14(12)16(13)19-17(15)18-3/h8-11H,4-7H2,1-3H3,(H,18,19). The Bertz CT molecular complexity index is 614. The summed E-state index contributed by atoms with van der Waals surface area (Å²) in [6.45, 7) is 4.45. The molecule has 19 heavy (non-hydrogen) atoms. The minimum absolute atomic E-state index is 0.496. The first-order valence-corrected chi connectivity index (χ1v) is 7.34. The highest BCUT2D eigenvalue weighted by atomic mass is 15.0. The van der Waals surface area contributed by atoms with Gasteiger partial charge in [0.1, 0.15) is 5.82 Å². The first-order chi connectivity index (χ1) is 9.20. The topological polar surface area (TPSA) is 24.9 Å². The SMILES string of the molecule is CNc1nc2c3c(ccc2cc1C(C)C)CCCC3. The number of aromatic nitrogens is 1. The van der Waals surface area contributed by atoms with E-state index in [0.29, 0.717) is 5.92 Å². The van der Waals surface area contributed by atoms with Crippen LogP contribution in [-0.2, 0) is 12.8 Å². The molecule has 0 saturated heterocycles. The summed E-state index contributed by atoms with van der Waals surface area (Å²) in [5.41, 5.74) is 5.51. The summed E-state index contributed by atoms with van der Waals surface area (Å²) in [7, 11) is 1.97. The zero-order valence-electron chi connectivity index (χ0n) is 12.1. The summed E-state index contributed by atoms with van der Waals surface area (Å²) in [6.07, 6.45) is 5.02. The molecule has 2 aromatic rings. The van der Waals surface area contributed by atoms with Crippen molar-refractivity contribution in [1.29, 1.82) is 0 Å². The Morgan fingerprint density at radius 1 is 1.16 bits per heavy atom. The number of nitrogens with zero attached hydrogens (tertiary/aromatic N) is 1. The molecule has 1 heterocycles. The van der Waals surface area contributed by atoms with Crippen LogP contribution in [0.3, 0.4) is 0 Å². The lowest BCUT2D eigenvalue weighted by atomic mass is 9.89. The zero-order chi connectivity index (χ0) is 13.4. The van der Waals surface area contributed by atoms with E-state index in [4.69, 9.17) is 4.98 Å². The van der Waals surface area contributed by atoms with Crippen molar-refractivity contribution in [2.45, 2.75) is 45.4 Å². The van der Waals surface area contributed by atoms with Crippen LogP contribution in [0, 0.1) is 0 Å². The zero-order valence-corrected chi connectivity index (χ0v) is 12.1. The van der Waals surface area contributed by atoms with Crippen molar-refractivity contribution in [3.63, 3.8) is 0 Å². The van der Waals surface area contributed by atoms with Gasteiger partial charge in [-0.05, 0) is 54.4 Å². The Labute approximate surface area is 115 Å². The van der Waals surface area contributed by atoms with Crippen LogP contribution in [0.15, 0.2) is 18.2 Å². The van der Waals surface area contributed by atoms with Crippen LogP contribution in [0.5, 0.6) is 0 Å². The Kier molecular flexibility index (Phi) is 3.17. The molecule has 100 valence electrons. The highest BCUT2D eigenvalue weighted by Crippen LogP contribution is 2.32. The smallest absolute Gasteiger partial charge is 0.129 e. The third-order valence-electron chi connectivity index (χ3n) is 4.20. The average Bonchev–Trinajstić information content (AvgIpc) is 2.45. The van der Waals surface area contributed by atoms with Crippen molar-refractivity contribution in [1.82, 2.24) is 4.98 Å². The molecule has 0 unspecified atom stereocenters. The first kappa shape index (κ1) is 12.5. The third kappa shape index (κ3) is 2.09. The molecule has 0 radical (unpaired) electrons. The number of anilines is 1. The summed E-state index contributed by atoms with van der Waals surface area (Å²) < 4.78 is 0. The van der Waals surface area contributed by atoms with Crippen molar-refractivity contribution in [3.05, 3.63) is 34.9 Å². The van der Waals surface area contributed by atoms with E-state index in [9.17, 15) is 0 Å². The number of rotatable bonds is 2. The van der Waals surface area contributed by atoms with Gasteiger partial charge in [-0.25, -0.2) is 4.98 Å². The largest absolute Gasteiger partial charge is 0.373 e. The van der Waals surface area contributed by atoms with E-state index in [0.717, 1.165) is 5.82 Å². The van der Waals surface area contributed by atoms with Crippen molar-refractivity contribution in [3.8, 4) is 0 Å². The summed E-state index contributed by atoms with van der Waals surface area (Å²) in [4.78, 5) is 4.92. The van der Waals surface area contributed by atoms with Crippen LogP contribution in [0.2, 0.25) is 0 Å². The van der Waals surface area contributed by atoms with Crippen molar-refractivity contribution in [2.24, 2.45) is 0 Å². The van der Waals surface area contributed by atoms with E-state index < -0.39 is 0 Å². The van der Waals surface area contributed by atoms with Crippen molar-refractivity contribution >= 4 is 16.7 Å². The molecule has 1 N–H and O–H groups in total. The number of nitrogens with one attached hydrogen (secondary N) is 1. The molecule has 2 nitrogen and oxygen atoms in total. The Balaban J connectivity index is 2.26. The molecular formula is C17H22N2. The monoisotopic (exact) mass is 254 g/mol. The average molecular weight is 254 g/mol. The van der Waals surface area contributed by atoms with E-state index in [-0.39, 0.29) is 0 Å². The second-order valence-electron chi connectivity index (χ2n) is 5.81. The summed E-state index contributed by atoms with van der Waals surface area (Å²) in [6, 6.07) is 6.87. The third-order valence-corrected chi connectivity index (χ3v) is 4.20. The summed E-state index contributed by atoms with van der Waals surface area (Å²) in [5.74, 6) is 1.54. The molecule has 0 atom stereocenters. The molecule has 0 spiro atoms. The molecule has 0 fully saturated rings. The van der Waals surface area contributed by atoms with Gasteiger partial charge in [-0.15, -0.1) is 0 Å². The number of aryl methyl sites for hydroxylation is 2. The van der Waals surface area contributed by atoms with Gasteiger partial charge in [0.2, 0.25) is 0 Å². The molecule has 3 rings (SSSR count). The van der Waals surface area contributed by atoms with E-state index in [1.807, 2.05) is 7.05 Å². The fourth-order valence-corrected chi connectivity index (χ4v) is 3.13. The van der Waals surface area contributed by atoms with Gasteiger partial charge in [0, 0.05) is 12.4 Å². The Morgan fingerprint density at radius 3 is 2.68 bits per heavy atom. The number of fused-ring (bicyclic) bond motifs is 3. The first-order valence-electron chi connectivity index (χ1n) is 7.34. The molecule has 1 aliphatic carbocycles. The Hall–Kier alpha value is -1.57. The number of hydrogen-bond acceptors (Lipinski definition) is 2. The lowest BCUT2D eigenvalue weighted by Gasteiger charge is -2.19. The predicted molar refractivity (Wildman–Crippen MR) is 82.0 cm³/mol. The lowest BCUT2D eigenvalue weighted by Crippen LogP contribution is -2.06. The highest BCUT2D eigenvalue weighted by molar-refractivity contribution is 5.86.